The predicted octanol–water partition coefficient (Wildman–Crippen LogP) is 3.91. The maximum atomic E-state index is 12.4. The number of ether oxygens (including phenoxy) is 2. The van der Waals surface area contributed by atoms with Crippen LogP contribution >= 0.6 is 11.3 Å². The first-order valence-electron chi connectivity index (χ1n) is 9.07. The number of hydrogen-bond donors (Lipinski definition) is 1. The van der Waals surface area contributed by atoms with Crippen LogP contribution in [0.2, 0.25) is 0 Å². The number of rotatable bonds is 5. The minimum atomic E-state index is -0.171. The van der Waals surface area contributed by atoms with Crippen molar-refractivity contribution in [2.24, 2.45) is 0 Å². The monoisotopic (exact) mass is 395 g/mol. The lowest BCUT2D eigenvalue weighted by Crippen LogP contribution is -2.36. The summed E-state index contributed by atoms with van der Waals surface area (Å²) in [6, 6.07) is 14.8. The summed E-state index contributed by atoms with van der Waals surface area (Å²) in [6.45, 7) is 3.25. The quantitative estimate of drug-likeness (QED) is 0.710. The van der Waals surface area contributed by atoms with Crippen molar-refractivity contribution in [1.29, 1.82) is 0 Å². The minimum Gasteiger partial charge on any atom is -0.497 e. The highest BCUT2D eigenvalue weighted by Gasteiger charge is 2.15. The maximum Gasteiger partial charge on any atom is 0.255 e. The summed E-state index contributed by atoms with van der Waals surface area (Å²) >= 11 is 1.64. The zero-order valence-electron chi connectivity index (χ0n) is 15.6. The van der Waals surface area contributed by atoms with E-state index in [0.717, 1.165) is 48.4 Å². The number of carbonyl (C=O) groups is 1. The summed E-state index contributed by atoms with van der Waals surface area (Å²) in [4.78, 5) is 19.4. The molecule has 1 amide bonds. The largest absolute Gasteiger partial charge is 0.497 e. The Morgan fingerprint density at radius 1 is 1.18 bits per heavy atom. The van der Waals surface area contributed by atoms with Gasteiger partial charge in [0.1, 0.15) is 5.75 Å². The Balaban J connectivity index is 1.43. The molecule has 0 spiro atoms. The van der Waals surface area contributed by atoms with Gasteiger partial charge in [-0.2, -0.15) is 0 Å². The summed E-state index contributed by atoms with van der Waals surface area (Å²) in [5.41, 5.74) is 3.26. The van der Waals surface area contributed by atoms with Gasteiger partial charge in [-0.15, -0.1) is 11.3 Å². The molecule has 2 heterocycles. The second-order valence-electron chi connectivity index (χ2n) is 6.38. The molecule has 1 aliphatic rings. The molecule has 1 saturated heterocycles. The number of nitrogens with one attached hydrogen (secondary N) is 1. The smallest absolute Gasteiger partial charge is 0.255 e. The number of benzene rings is 2. The fraction of sp³-hybridized carbons (Fsp3) is 0.238. The predicted molar refractivity (Wildman–Crippen MR) is 112 cm³/mol. The van der Waals surface area contributed by atoms with Gasteiger partial charge in [-0.1, -0.05) is 18.2 Å². The second-order valence-corrected chi connectivity index (χ2v) is 7.21. The highest BCUT2D eigenvalue weighted by molar-refractivity contribution is 7.14. The molecular formula is C21H21N3O3S. The molecule has 1 fully saturated rings. The molecular weight excluding hydrogens is 374 g/mol. The number of hydrogen-bond acceptors (Lipinski definition) is 6. The third kappa shape index (κ3) is 4.16. The van der Waals surface area contributed by atoms with Gasteiger partial charge in [0.05, 0.1) is 26.0 Å². The highest BCUT2D eigenvalue weighted by Crippen LogP contribution is 2.28. The molecule has 1 aromatic heterocycles. The molecule has 0 unspecified atom stereocenters. The lowest BCUT2D eigenvalue weighted by molar-refractivity contribution is 0.102. The first-order valence-corrected chi connectivity index (χ1v) is 9.95. The van der Waals surface area contributed by atoms with Gasteiger partial charge in [0.2, 0.25) is 0 Å². The lowest BCUT2D eigenvalue weighted by Gasteiger charge is -2.26. The Bertz CT molecular complexity index is 950. The van der Waals surface area contributed by atoms with Crippen LogP contribution in [-0.4, -0.2) is 44.3 Å². The Hall–Kier alpha value is -2.90. The van der Waals surface area contributed by atoms with E-state index in [-0.39, 0.29) is 5.91 Å². The first-order chi connectivity index (χ1) is 13.7. The third-order valence-electron chi connectivity index (χ3n) is 4.54. The van der Waals surface area contributed by atoms with Crippen LogP contribution in [0.1, 0.15) is 10.4 Å². The SMILES string of the molecule is COc1cccc(C(=O)Nc2ccc(-c3csc(N4CCOCC4)n3)cc2)c1. The minimum absolute atomic E-state index is 0.171. The Kier molecular flexibility index (Phi) is 5.55. The van der Waals surface area contributed by atoms with E-state index < -0.39 is 0 Å². The number of thiazole rings is 1. The van der Waals surface area contributed by atoms with Gasteiger partial charge in [0.25, 0.3) is 5.91 Å². The number of amides is 1. The molecule has 144 valence electrons. The summed E-state index contributed by atoms with van der Waals surface area (Å²) in [6.07, 6.45) is 0. The van der Waals surface area contributed by atoms with Crippen LogP contribution in [0.3, 0.4) is 0 Å². The molecule has 2 aromatic carbocycles. The van der Waals surface area contributed by atoms with E-state index in [1.165, 1.54) is 0 Å². The number of anilines is 2. The number of nitrogens with zero attached hydrogens (tertiary/aromatic N) is 2. The van der Waals surface area contributed by atoms with Crippen LogP contribution in [0.25, 0.3) is 11.3 Å². The number of morpholine rings is 1. The van der Waals surface area contributed by atoms with E-state index in [9.17, 15) is 4.79 Å². The molecule has 6 nitrogen and oxygen atoms in total. The summed E-state index contributed by atoms with van der Waals surface area (Å²) in [5, 5.41) is 6.00. The van der Waals surface area contributed by atoms with Gasteiger partial charge in [0.15, 0.2) is 5.13 Å². The van der Waals surface area contributed by atoms with Crippen LogP contribution in [0.4, 0.5) is 10.8 Å². The Morgan fingerprint density at radius 2 is 1.96 bits per heavy atom. The highest BCUT2D eigenvalue weighted by atomic mass is 32.1. The first kappa shape index (κ1) is 18.5. The summed E-state index contributed by atoms with van der Waals surface area (Å²) in [5.74, 6) is 0.484. The van der Waals surface area contributed by atoms with Crippen molar-refractivity contribution in [3.63, 3.8) is 0 Å². The van der Waals surface area contributed by atoms with Crippen molar-refractivity contribution in [3.05, 3.63) is 59.5 Å². The Labute approximate surface area is 167 Å². The molecule has 1 aliphatic heterocycles. The van der Waals surface area contributed by atoms with Crippen LogP contribution in [0, 0.1) is 0 Å². The van der Waals surface area contributed by atoms with Crippen molar-refractivity contribution >= 4 is 28.1 Å². The van der Waals surface area contributed by atoms with Gasteiger partial charge in [0, 0.05) is 35.3 Å². The Morgan fingerprint density at radius 3 is 2.71 bits per heavy atom. The van der Waals surface area contributed by atoms with E-state index in [2.05, 4.69) is 15.6 Å². The van der Waals surface area contributed by atoms with Crippen molar-refractivity contribution < 1.29 is 14.3 Å². The van der Waals surface area contributed by atoms with E-state index in [1.54, 1.807) is 36.6 Å². The van der Waals surface area contributed by atoms with Crippen LogP contribution in [0.5, 0.6) is 5.75 Å². The van der Waals surface area contributed by atoms with Crippen molar-refractivity contribution in [2.75, 3.05) is 43.6 Å². The van der Waals surface area contributed by atoms with Gasteiger partial charge < -0.3 is 19.7 Å². The third-order valence-corrected chi connectivity index (χ3v) is 5.45. The van der Waals surface area contributed by atoms with Crippen molar-refractivity contribution in [3.8, 4) is 17.0 Å². The average molecular weight is 395 g/mol. The molecule has 0 saturated carbocycles. The molecule has 0 bridgehead atoms. The maximum absolute atomic E-state index is 12.4. The fourth-order valence-electron chi connectivity index (χ4n) is 2.99. The molecule has 0 aliphatic carbocycles. The van der Waals surface area contributed by atoms with Gasteiger partial charge >= 0.3 is 0 Å². The fourth-order valence-corrected chi connectivity index (χ4v) is 3.88. The van der Waals surface area contributed by atoms with E-state index in [4.69, 9.17) is 14.5 Å². The van der Waals surface area contributed by atoms with Gasteiger partial charge in [-0.25, -0.2) is 4.98 Å². The molecule has 1 N–H and O–H groups in total. The molecule has 3 aromatic rings. The van der Waals surface area contributed by atoms with Gasteiger partial charge in [-0.3, -0.25) is 4.79 Å². The second kappa shape index (κ2) is 8.41. The van der Waals surface area contributed by atoms with E-state index in [0.29, 0.717) is 11.3 Å². The molecule has 0 atom stereocenters. The van der Waals surface area contributed by atoms with E-state index >= 15 is 0 Å². The normalized spacial score (nSPS) is 14.0. The van der Waals surface area contributed by atoms with Crippen LogP contribution < -0.4 is 15.0 Å². The average Bonchev–Trinajstić information content (AvgIpc) is 3.25. The molecule has 28 heavy (non-hydrogen) atoms. The summed E-state index contributed by atoms with van der Waals surface area (Å²) < 4.78 is 10.6. The van der Waals surface area contributed by atoms with E-state index in [1.807, 2.05) is 30.3 Å². The standard InChI is InChI=1S/C21H21N3O3S/c1-26-18-4-2-3-16(13-18)20(25)22-17-7-5-15(6-8-17)19-14-28-21(23-19)24-9-11-27-12-10-24/h2-8,13-14H,9-12H2,1H3,(H,22,25). The molecule has 4 rings (SSSR count). The van der Waals surface area contributed by atoms with Crippen LogP contribution in [0.15, 0.2) is 53.9 Å². The van der Waals surface area contributed by atoms with Crippen molar-refractivity contribution in [2.45, 2.75) is 0 Å². The van der Waals surface area contributed by atoms with Crippen molar-refractivity contribution in [1.82, 2.24) is 4.98 Å². The number of aromatic nitrogens is 1. The zero-order chi connectivity index (χ0) is 19.3. The molecule has 7 heteroatoms. The number of carbonyl (C=O) groups excluding carboxylic acids is 1. The number of methoxy groups -OCH3 is 1. The lowest BCUT2D eigenvalue weighted by atomic mass is 10.1. The van der Waals surface area contributed by atoms with Crippen LogP contribution in [-0.2, 0) is 4.74 Å². The summed E-state index contributed by atoms with van der Waals surface area (Å²) in [7, 11) is 1.58. The molecule has 0 radical (unpaired) electrons. The topological polar surface area (TPSA) is 63.7 Å². The van der Waals surface area contributed by atoms with Gasteiger partial charge in [-0.05, 0) is 30.3 Å². The zero-order valence-corrected chi connectivity index (χ0v) is 16.4.